The van der Waals surface area contributed by atoms with Crippen molar-refractivity contribution in [3.8, 4) is 11.4 Å². The van der Waals surface area contributed by atoms with Crippen LogP contribution in [0.5, 0.6) is 0 Å². The number of imidazole rings is 2. The summed E-state index contributed by atoms with van der Waals surface area (Å²) in [6.45, 7) is 0. The smallest absolute Gasteiger partial charge is 0.375 e. The van der Waals surface area contributed by atoms with Crippen molar-refractivity contribution < 1.29 is 21.1 Å². The predicted octanol–water partition coefficient (Wildman–Crippen LogP) is 14.9. The predicted molar refractivity (Wildman–Crippen MR) is 290 cm³/mol. The second kappa shape index (κ2) is 19.4. The summed E-state index contributed by atoms with van der Waals surface area (Å²) in [5, 5.41) is 11.5. The van der Waals surface area contributed by atoms with Crippen LogP contribution in [0.15, 0.2) is 291 Å². The Hall–Kier alpha value is -9.37. The third-order valence-corrected chi connectivity index (χ3v) is 12.9. The van der Waals surface area contributed by atoms with Crippen LogP contribution in [-0.4, -0.2) is 19.1 Å². The van der Waals surface area contributed by atoms with Gasteiger partial charge in [-0.25, -0.2) is 9.97 Å². The topological polar surface area (TPSA) is 76.8 Å². The van der Waals surface area contributed by atoms with Crippen molar-refractivity contribution in [1.82, 2.24) is 19.1 Å². The summed E-state index contributed by atoms with van der Waals surface area (Å²) in [6, 6.07) is 83.1. The Morgan fingerprint density at radius 2 is 0.575 bits per heavy atom. The largest absolute Gasteiger partial charge is 2.00 e. The molecule has 3 aliphatic rings. The van der Waals surface area contributed by atoms with Crippen LogP contribution in [0.3, 0.4) is 0 Å². The third kappa shape index (κ3) is 8.29. The Morgan fingerprint density at radius 3 is 0.890 bits per heavy atom. The van der Waals surface area contributed by atoms with Gasteiger partial charge in [0.15, 0.2) is 0 Å². The standard InChI is InChI=1S/C62H44N10.Pt/c1-9-25-45(26-10-1)57-59-63-53(41-67(59)47-29-13-3-14-30-47)71(51-37-21-7-22-38-51)55-43-69(49-33-17-5-18-34-49)61(65-55)58(46-27-11-2-12-28-46)62-66-56(44-70(62)50-35-19-6-20-36-50)72(52-39-23-8-24-40-52)54-42-68(60(57)64-54)48-31-15-4-16-32-48;/h1-44H;/q-2;+2. The quantitative estimate of drug-likeness (QED) is 0.151. The number of nitrogens with zero attached hydrogens (tertiary/aromatic N) is 10. The van der Waals surface area contributed by atoms with Crippen molar-refractivity contribution in [2.24, 2.45) is 0 Å². The van der Waals surface area contributed by atoms with Crippen molar-refractivity contribution in [1.29, 1.82) is 0 Å². The molecule has 8 aromatic carbocycles. The molecule has 0 N–H and O–H groups in total. The zero-order valence-electron chi connectivity index (χ0n) is 39.2. The number of rotatable bonds is 8. The van der Waals surface area contributed by atoms with E-state index in [1.165, 1.54) is 0 Å². The summed E-state index contributed by atoms with van der Waals surface area (Å²) in [5.41, 5.74) is 9.02. The number of anilines is 6. The molecule has 2 aromatic heterocycles. The van der Waals surface area contributed by atoms with Crippen molar-refractivity contribution in [3.05, 3.63) is 324 Å². The number of benzene rings is 8. The Kier molecular flexibility index (Phi) is 11.9. The molecule has 3 aliphatic heterocycles. The molecular weight excluding hydrogens is 1080 g/mol. The van der Waals surface area contributed by atoms with Gasteiger partial charge in [0.05, 0.1) is 0 Å². The Bertz CT molecular complexity index is 3430. The minimum Gasteiger partial charge on any atom is -0.375 e. The normalized spacial score (nSPS) is 14.1. The van der Waals surface area contributed by atoms with Crippen LogP contribution >= 0.6 is 0 Å². The van der Waals surface area contributed by atoms with Crippen LogP contribution in [0.2, 0.25) is 0 Å². The molecule has 0 amide bonds. The van der Waals surface area contributed by atoms with Crippen molar-refractivity contribution in [3.63, 3.8) is 0 Å². The number of hydrogen-bond donors (Lipinski definition) is 0. The Morgan fingerprint density at radius 1 is 0.301 bits per heavy atom. The summed E-state index contributed by atoms with van der Waals surface area (Å²) in [4.78, 5) is 20.2. The van der Waals surface area contributed by atoms with Crippen LogP contribution in [-0.2, 0) is 21.1 Å². The molecule has 0 saturated carbocycles. The van der Waals surface area contributed by atoms with Crippen LogP contribution in [0.1, 0.15) is 22.8 Å². The monoisotopic (exact) mass is 1120 g/mol. The maximum absolute atomic E-state index is 5.77. The maximum Gasteiger partial charge on any atom is 2.00 e. The molecule has 10 nitrogen and oxygen atoms in total. The summed E-state index contributed by atoms with van der Waals surface area (Å²) in [7, 11) is 0. The molecule has 0 unspecified atom stereocenters. The number of aromatic nitrogens is 4. The average Bonchev–Trinajstić information content (AvgIpc) is 4.28. The Labute approximate surface area is 438 Å². The molecule has 0 radical (unpaired) electrons. The van der Waals surface area contributed by atoms with Gasteiger partial charge in [0.1, 0.15) is 23.3 Å². The first-order chi connectivity index (χ1) is 35.7. The van der Waals surface area contributed by atoms with Gasteiger partial charge < -0.3 is 30.2 Å². The van der Waals surface area contributed by atoms with E-state index >= 15 is 0 Å². The summed E-state index contributed by atoms with van der Waals surface area (Å²) in [5.74, 6) is 5.37. The molecule has 73 heavy (non-hydrogen) atoms. The van der Waals surface area contributed by atoms with Crippen LogP contribution in [0.4, 0.5) is 34.4 Å². The molecule has 8 bridgehead atoms. The zero-order valence-corrected chi connectivity index (χ0v) is 41.5. The van der Waals surface area contributed by atoms with E-state index in [1.54, 1.807) is 0 Å². The van der Waals surface area contributed by atoms with E-state index in [9.17, 15) is 0 Å². The van der Waals surface area contributed by atoms with Crippen LogP contribution in [0, 0.1) is 0 Å². The van der Waals surface area contributed by atoms with Gasteiger partial charge in [0, 0.05) is 58.2 Å². The van der Waals surface area contributed by atoms with E-state index in [1.807, 2.05) is 48.5 Å². The van der Waals surface area contributed by atoms with Gasteiger partial charge in [0.25, 0.3) is 0 Å². The van der Waals surface area contributed by atoms with Gasteiger partial charge >= 0.3 is 21.1 Å². The fourth-order valence-electron chi connectivity index (χ4n) is 9.59. The molecule has 0 aliphatic carbocycles. The molecule has 0 atom stereocenters. The van der Waals surface area contributed by atoms with Gasteiger partial charge in [-0.2, -0.15) is 0 Å². The third-order valence-electron chi connectivity index (χ3n) is 12.9. The van der Waals surface area contributed by atoms with E-state index < -0.39 is 0 Å². The van der Waals surface area contributed by atoms with Crippen molar-refractivity contribution >= 4 is 45.5 Å². The molecule has 0 saturated heterocycles. The molecular formula is C62H44N10Pt. The number of fused-ring (bicyclic) bond motifs is 8. The fourth-order valence-corrected chi connectivity index (χ4v) is 9.59. The molecule has 13 rings (SSSR count). The molecule has 5 heterocycles. The van der Waals surface area contributed by atoms with Gasteiger partial charge in [0.2, 0.25) is 0 Å². The van der Waals surface area contributed by atoms with E-state index in [2.05, 4.69) is 248 Å². The maximum atomic E-state index is 5.77. The molecule has 10 aromatic rings. The van der Waals surface area contributed by atoms with Crippen LogP contribution in [0.25, 0.3) is 33.2 Å². The Balaban J connectivity index is 0.00000543. The molecule has 352 valence electrons. The molecule has 11 heteroatoms. The minimum absolute atomic E-state index is 0. The number of para-hydroxylation sites is 6. The summed E-state index contributed by atoms with van der Waals surface area (Å²) >= 11 is 0. The van der Waals surface area contributed by atoms with E-state index in [4.69, 9.17) is 20.6 Å². The minimum atomic E-state index is 0. The zero-order chi connectivity index (χ0) is 47.8. The molecule has 0 spiro atoms. The molecule has 0 fully saturated rings. The first-order valence-electron chi connectivity index (χ1n) is 23.9. The average molecular weight is 1120 g/mol. The van der Waals surface area contributed by atoms with Crippen molar-refractivity contribution in [2.75, 3.05) is 19.6 Å². The second-order valence-corrected chi connectivity index (χ2v) is 17.3. The van der Waals surface area contributed by atoms with E-state index in [-0.39, 0.29) is 21.1 Å². The van der Waals surface area contributed by atoms with E-state index in [0.29, 0.717) is 46.6 Å². The SMILES string of the molecule is C1=C2[N-]C(=C(c3ccccc3)c3nc(cn3-c3ccccc3)N(c3ccccc3)C3=CN(c4ccccc4)C(=C(c4ccccc4)c4nc(cn4-c4ccccc4)N2c2ccccc2)[N-]3)N1c1ccccc1.[Pt+2]. The first-order valence-corrected chi connectivity index (χ1v) is 23.9. The fraction of sp³-hybridized carbons (Fsp3) is 0. The van der Waals surface area contributed by atoms with Crippen molar-refractivity contribution in [2.45, 2.75) is 0 Å². The van der Waals surface area contributed by atoms with Gasteiger partial charge in [-0.15, -0.1) is 0 Å². The van der Waals surface area contributed by atoms with Gasteiger partial charge in [-0.3, -0.25) is 9.13 Å². The first kappa shape index (κ1) is 44.8. The second-order valence-electron chi connectivity index (χ2n) is 17.3. The summed E-state index contributed by atoms with van der Waals surface area (Å²) < 4.78 is 4.35. The van der Waals surface area contributed by atoms with Gasteiger partial charge in [-0.05, 0) is 70.5 Å². The van der Waals surface area contributed by atoms with Gasteiger partial charge in [-0.1, -0.05) is 218 Å². The summed E-state index contributed by atoms with van der Waals surface area (Å²) in [6.07, 6.45) is 8.46. The van der Waals surface area contributed by atoms with E-state index in [0.717, 1.165) is 56.4 Å². The van der Waals surface area contributed by atoms with Crippen LogP contribution < -0.4 is 19.6 Å². The number of hydrogen-bond acceptors (Lipinski definition) is 6.